The molecular weight excluding hydrogens is 622 g/mol. The summed E-state index contributed by atoms with van der Waals surface area (Å²) in [6.45, 7) is 12.5. The fourth-order valence-corrected chi connectivity index (χ4v) is 5.52. The number of nitrogens with one attached hydrogen (secondary N) is 4. The summed E-state index contributed by atoms with van der Waals surface area (Å²) >= 11 is 0. The molecule has 0 aliphatic rings. The minimum absolute atomic E-state index is 0.150. The van der Waals surface area contributed by atoms with Crippen LogP contribution in [0.5, 0.6) is 0 Å². The van der Waals surface area contributed by atoms with Crippen LogP contribution in [-0.4, -0.2) is 73.7 Å². The lowest BCUT2D eigenvalue weighted by Gasteiger charge is -2.25. The van der Waals surface area contributed by atoms with Crippen LogP contribution in [0.4, 0.5) is 4.79 Å². The maximum atomic E-state index is 13.0. The first-order chi connectivity index (χ1) is 23.4. The Kier molecular flexibility index (Phi) is 12.7. The van der Waals surface area contributed by atoms with Crippen molar-refractivity contribution in [2.45, 2.75) is 79.1 Å². The van der Waals surface area contributed by atoms with Crippen molar-refractivity contribution in [1.82, 2.24) is 35.5 Å². The fraction of sp³-hybridized carbons (Fsp3) is 0.432. The zero-order valence-electron chi connectivity index (χ0n) is 29.4. The summed E-state index contributed by atoms with van der Waals surface area (Å²) in [7, 11) is 1.23. The number of aromatic nitrogens is 4. The fourth-order valence-electron chi connectivity index (χ4n) is 5.52. The lowest BCUT2D eigenvalue weighted by atomic mass is 10.0. The number of H-pyrrole nitrogens is 2. The quantitative estimate of drug-likeness (QED) is 0.106. The molecule has 0 aliphatic carbocycles. The van der Waals surface area contributed by atoms with E-state index in [1.165, 1.54) is 7.11 Å². The summed E-state index contributed by atoms with van der Waals surface area (Å²) < 4.78 is 4.65. The molecule has 262 valence electrons. The topological polar surface area (TPSA) is 165 Å². The first-order valence-electron chi connectivity index (χ1n) is 16.8. The Morgan fingerprint density at radius 3 is 1.90 bits per heavy atom. The number of imidazole rings is 2. The molecule has 49 heavy (non-hydrogen) atoms. The number of rotatable bonds is 15. The van der Waals surface area contributed by atoms with Crippen LogP contribution in [-0.2, 0) is 20.9 Å². The second-order valence-corrected chi connectivity index (χ2v) is 13.1. The maximum absolute atomic E-state index is 13.0. The van der Waals surface area contributed by atoms with Gasteiger partial charge in [-0.25, -0.2) is 14.8 Å². The number of hydrogen-bond donors (Lipinski definition) is 5. The van der Waals surface area contributed by atoms with Crippen LogP contribution in [0.15, 0.2) is 60.9 Å². The highest BCUT2D eigenvalue weighted by molar-refractivity contribution is 5.86. The van der Waals surface area contributed by atoms with Crippen molar-refractivity contribution < 1.29 is 24.2 Å². The number of aliphatic hydroxyl groups excluding tert-OH is 1. The van der Waals surface area contributed by atoms with Crippen molar-refractivity contribution in [3.8, 4) is 33.6 Å². The molecule has 3 atom stereocenters. The van der Waals surface area contributed by atoms with Gasteiger partial charge in [0.15, 0.2) is 0 Å². The Bertz CT molecular complexity index is 1680. The molecule has 5 N–H and O–H groups in total. The van der Waals surface area contributed by atoms with Crippen LogP contribution in [0.3, 0.4) is 0 Å². The van der Waals surface area contributed by atoms with Gasteiger partial charge in [-0.15, -0.1) is 0 Å². The van der Waals surface area contributed by atoms with Gasteiger partial charge in [0, 0.05) is 13.0 Å². The predicted octanol–water partition coefficient (Wildman–Crippen LogP) is 5.84. The predicted molar refractivity (Wildman–Crippen MR) is 189 cm³/mol. The molecule has 12 nitrogen and oxygen atoms in total. The van der Waals surface area contributed by atoms with E-state index in [4.69, 9.17) is 0 Å². The van der Waals surface area contributed by atoms with Gasteiger partial charge in [0.2, 0.25) is 11.8 Å². The van der Waals surface area contributed by atoms with Gasteiger partial charge >= 0.3 is 6.09 Å². The summed E-state index contributed by atoms with van der Waals surface area (Å²) in [5.41, 5.74) is 5.59. The summed E-state index contributed by atoms with van der Waals surface area (Å²) in [4.78, 5) is 55.0. The van der Waals surface area contributed by atoms with Crippen molar-refractivity contribution in [2.75, 3.05) is 13.7 Å². The van der Waals surface area contributed by atoms with Gasteiger partial charge in [-0.3, -0.25) is 9.59 Å². The van der Waals surface area contributed by atoms with Crippen molar-refractivity contribution >= 4 is 17.9 Å². The number of ether oxygens (including phenoxy) is 1. The number of amides is 3. The van der Waals surface area contributed by atoms with E-state index in [-0.39, 0.29) is 11.8 Å². The number of hydrogen-bond acceptors (Lipinski definition) is 7. The molecule has 2 aromatic carbocycles. The Morgan fingerprint density at radius 1 is 0.837 bits per heavy atom. The van der Waals surface area contributed by atoms with E-state index in [2.05, 4.69) is 68.2 Å². The minimum atomic E-state index is -0.956. The average molecular weight is 672 g/mol. The van der Waals surface area contributed by atoms with E-state index in [1.54, 1.807) is 27.0 Å². The van der Waals surface area contributed by atoms with Gasteiger partial charge in [-0.1, -0.05) is 83.1 Å². The zero-order chi connectivity index (χ0) is 35.7. The minimum Gasteiger partial charge on any atom is -0.453 e. The number of carbonyl (C=O) groups excluding carboxylic acids is 3. The number of aliphatic hydroxyl groups is 1. The van der Waals surface area contributed by atoms with E-state index < -0.39 is 30.2 Å². The Hall–Kier alpha value is -4.97. The molecule has 0 aliphatic heterocycles. The highest BCUT2D eigenvalue weighted by atomic mass is 16.5. The third-order valence-corrected chi connectivity index (χ3v) is 8.20. The molecule has 0 unspecified atom stereocenters. The molecule has 0 bridgehead atoms. The lowest BCUT2D eigenvalue weighted by molar-refractivity contribution is -0.132. The van der Waals surface area contributed by atoms with Crippen molar-refractivity contribution in [3.05, 3.63) is 72.6 Å². The van der Waals surface area contributed by atoms with E-state index in [0.717, 1.165) is 45.9 Å². The van der Waals surface area contributed by atoms with Crippen LogP contribution >= 0.6 is 0 Å². The van der Waals surface area contributed by atoms with E-state index in [9.17, 15) is 19.5 Å². The van der Waals surface area contributed by atoms with Crippen LogP contribution in [0.25, 0.3) is 33.6 Å². The lowest BCUT2D eigenvalue weighted by Crippen LogP contribution is -2.51. The number of alkyl carbamates (subject to hydrolysis) is 1. The normalized spacial score (nSPS) is 13.2. The number of carbonyl (C=O) groups is 3. The van der Waals surface area contributed by atoms with E-state index >= 15 is 0 Å². The average Bonchev–Trinajstić information content (AvgIpc) is 3.76. The van der Waals surface area contributed by atoms with E-state index in [0.29, 0.717) is 31.3 Å². The molecule has 0 saturated carbocycles. The largest absolute Gasteiger partial charge is 0.453 e. The van der Waals surface area contributed by atoms with Gasteiger partial charge in [0.25, 0.3) is 0 Å². The first kappa shape index (κ1) is 36.9. The number of methoxy groups -OCH3 is 1. The molecule has 3 amide bonds. The van der Waals surface area contributed by atoms with Gasteiger partial charge < -0.3 is 35.3 Å². The molecule has 0 fully saturated rings. The molecule has 0 spiro atoms. The SMILES string of the molecule is CCCN(Cc1ncc(-c2ccc(-c3ccc(-c4cnc([C@@H](NC(=O)[C@@H](NC(=O)OC)C(C)C)[C@@H](C)O)[nH]4)cc3)cc2)[nH]1)C(=O)CC(C)C. The standard InChI is InChI=1S/C37H49N7O5/c1-8-17-44(32(46)18-22(2)3)21-31-38-19-29(40-31)27-13-9-25(10-14-27)26-11-15-28(16-12-26)30-20-39-35(41-30)34(24(6)45)42-36(47)33(23(4)5)43-37(48)49-7/h9-16,19-20,22-24,33-34,45H,8,17-18,21H2,1-7H3,(H,38,40)(H,39,41)(H,42,47)(H,43,48)/t24-,33+,34+/m1/s1. The third kappa shape index (κ3) is 9.79. The summed E-state index contributed by atoms with van der Waals surface area (Å²) in [5, 5.41) is 15.8. The molecule has 4 aromatic rings. The maximum Gasteiger partial charge on any atom is 0.407 e. The smallest absolute Gasteiger partial charge is 0.407 e. The Labute approximate surface area is 288 Å². The molecule has 4 rings (SSSR count). The Morgan fingerprint density at radius 2 is 1.39 bits per heavy atom. The highest BCUT2D eigenvalue weighted by Gasteiger charge is 2.30. The van der Waals surface area contributed by atoms with Crippen LogP contribution in [0.1, 0.15) is 72.1 Å². The Balaban J connectivity index is 1.42. The first-order valence-corrected chi connectivity index (χ1v) is 16.8. The second-order valence-electron chi connectivity index (χ2n) is 13.1. The van der Waals surface area contributed by atoms with Gasteiger partial charge in [0.05, 0.1) is 43.5 Å². The van der Waals surface area contributed by atoms with Gasteiger partial charge in [-0.05, 0) is 47.4 Å². The van der Waals surface area contributed by atoms with Crippen molar-refractivity contribution in [1.29, 1.82) is 0 Å². The molecule has 12 heteroatoms. The molecule has 0 radical (unpaired) electrons. The summed E-state index contributed by atoms with van der Waals surface area (Å²) in [5.74, 6) is 0.940. The van der Waals surface area contributed by atoms with E-state index in [1.807, 2.05) is 47.5 Å². The molecule has 2 aromatic heterocycles. The molecule has 2 heterocycles. The summed E-state index contributed by atoms with van der Waals surface area (Å²) in [6.07, 6.45) is 3.22. The third-order valence-electron chi connectivity index (χ3n) is 8.20. The molecule has 0 saturated heterocycles. The highest BCUT2D eigenvalue weighted by Crippen LogP contribution is 2.28. The molecular formula is C37H49N7O5. The van der Waals surface area contributed by atoms with Crippen LogP contribution in [0, 0.1) is 11.8 Å². The zero-order valence-corrected chi connectivity index (χ0v) is 29.4. The second kappa shape index (κ2) is 16.9. The van der Waals surface area contributed by atoms with Crippen LogP contribution < -0.4 is 10.6 Å². The summed E-state index contributed by atoms with van der Waals surface area (Å²) in [6, 6.07) is 14.5. The monoisotopic (exact) mass is 671 g/mol. The number of nitrogens with zero attached hydrogens (tertiary/aromatic N) is 3. The number of aromatic amines is 2. The van der Waals surface area contributed by atoms with Crippen molar-refractivity contribution in [2.24, 2.45) is 11.8 Å². The van der Waals surface area contributed by atoms with Gasteiger partial charge in [-0.2, -0.15) is 0 Å². The van der Waals surface area contributed by atoms with Gasteiger partial charge in [0.1, 0.15) is 23.7 Å². The van der Waals surface area contributed by atoms with Crippen LogP contribution in [0.2, 0.25) is 0 Å². The number of benzene rings is 2. The van der Waals surface area contributed by atoms with Crippen molar-refractivity contribution in [3.63, 3.8) is 0 Å².